The molecule has 34 heavy (non-hydrogen) atoms. The van der Waals surface area contributed by atoms with E-state index in [1.54, 1.807) is 12.4 Å². The van der Waals surface area contributed by atoms with Gasteiger partial charge in [-0.15, -0.1) is 0 Å². The lowest BCUT2D eigenvalue weighted by molar-refractivity contribution is 0.312. The number of piperazine rings is 1. The van der Waals surface area contributed by atoms with Crippen molar-refractivity contribution in [3.63, 3.8) is 0 Å². The first kappa shape index (κ1) is 20.3. The largest absolute Gasteiger partial charge is 0.354 e. The number of nitrogens with zero attached hydrogens (tertiary/aromatic N) is 8. The summed E-state index contributed by atoms with van der Waals surface area (Å²) < 4.78 is 2.03. The highest BCUT2D eigenvalue weighted by Gasteiger charge is 2.15. The Hall–Kier alpha value is -4.31. The van der Waals surface area contributed by atoms with Crippen molar-refractivity contribution in [2.75, 3.05) is 43.4 Å². The first-order chi connectivity index (χ1) is 16.7. The van der Waals surface area contributed by atoms with Crippen molar-refractivity contribution >= 4 is 23.1 Å². The summed E-state index contributed by atoms with van der Waals surface area (Å²) in [4.78, 5) is 22.9. The zero-order chi connectivity index (χ0) is 22.9. The van der Waals surface area contributed by atoms with E-state index in [2.05, 4.69) is 47.3 Å². The Morgan fingerprint density at radius 1 is 0.882 bits per heavy atom. The highest BCUT2D eigenvalue weighted by molar-refractivity contribution is 5.67. The van der Waals surface area contributed by atoms with Crippen LogP contribution in [0.3, 0.4) is 0 Å². The Balaban J connectivity index is 1.24. The van der Waals surface area contributed by atoms with Crippen LogP contribution in [0.15, 0.2) is 67.5 Å². The smallest absolute Gasteiger partial charge is 0.227 e. The quantitative estimate of drug-likeness (QED) is 0.419. The normalized spacial score (nSPS) is 14.6. The number of likely N-dealkylation sites (N-methyl/N-ethyl adjacent to an activating group) is 1. The third-order valence-corrected chi connectivity index (χ3v) is 6.09. The molecule has 0 amide bonds. The predicted octanol–water partition coefficient (Wildman–Crippen LogP) is 3.07. The van der Waals surface area contributed by atoms with Gasteiger partial charge in [0.05, 0.1) is 35.7 Å². The fourth-order valence-electron chi connectivity index (χ4n) is 4.12. The highest BCUT2D eigenvalue weighted by atomic mass is 15.3. The molecule has 0 radical (unpaired) electrons. The lowest BCUT2D eigenvalue weighted by atomic mass is 10.2. The number of nitrogens with one attached hydrogen (secondary N) is 2. The summed E-state index contributed by atoms with van der Waals surface area (Å²) in [5, 5.41) is 10.2. The molecule has 0 aromatic carbocycles. The van der Waals surface area contributed by atoms with E-state index in [9.17, 15) is 0 Å². The minimum Gasteiger partial charge on any atom is -0.354 e. The number of anilines is 3. The Kier molecular flexibility index (Phi) is 5.11. The predicted molar refractivity (Wildman–Crippen MR) is 131 cm³/mol. The average molecular weight is 453 g/mol. The Morgan fingerprint density at radius 3 is 2.59 bits per heavy atom. The van der Waals surface area contributed by atoms with Gasteiger partial charge < -0.3 is 15.1 Å². The SMILES string of the molecule is CN1CCN(c2ccc(Nc3nccc(-c4cnc5ccc(-c6cn[nH]c6)cn45)n3)cn2)CC1. The molecule has 2 N–H and O–H groups in total. The van der Waals surface area contributed by atoms with Crippen LogP contribution in [0.4, 0.5) is 17.5 Å². The Morgan fingerprint density at radius 2 is 1.79 bits per heavy atom. The number of fused-ring (bicyclic) bond motifs is 1. The molecule has 6 rings (SSSR count). The zero-order valence-electron chi connectivity index (χ0n) is 18.8. The van der Waals surface area contributed by atoms with Gasteiger partial charge in [0.15, 0.2) is 0 Å². The van der Waals surface area contributed by atoms with Crippen molar-refractivity contribution in [3.8, 4) is 22.5 Å². The fourth-order valence-corrected chi connectivity index (χ4v) is 4.12. The Bertz CT molecular complexity index is 1400. The molecule has 5 aromatic heterocycles. The second-order valence-electron chi connectivity index (χ2n) is 8.36. The number of hydrogen-bond donors (Lipinski definition) is 2. The fraction of sp³-hybridized carbons (Fsp3) is 0.208. The van der Waals surface area contributed by atoms with Crippen LogP contribution in [0.25, 0.3) is 28.2 Å². The van der Waals surface area contributed by atoms with Gasteiger partial charge in [0, 0.05) is 55.9 Å². The molecule has 10 nitrogen and oxygen atoms in total. The van der Waals surface area contributed by atoms with Crippen molar-refractivity contribution in [2.24, 2.45) is 0 Å². The summed E-state index contributed by atoms with van der Waals surface area (Å²) in [5.74, 6) is 1.50. The molecule has 0 aliphatic carbocycles. The molecule has 6 heterocycles. The maximum absolute atomic E-state index is 4.73. The van der Waals surface area contributed by atoms with Crippen LogP contribution in [0, 0.1) is 0 Å². The van der Waals surface area contributed by atoms with Gasteiger partial charge in [0.25, 0.3) is 0 Å². The summed E-state index contributed by atoms with van der Waals surface area (Å²) in [7, 11) is 2.15. The van der Waals surface area contributed by atoms with E-state index in [-0.39, 0.29) is 0 Å². The van der Waals surface area contributed by atoms with E-state index in [0.717, 1.165) is 65.8 Å². The highest BCUT2D eigenvalue weighted by Crippen LogP contribution is 2.25. The maximum Gasteiger partial charge on any atom is 0.227 e. The summed E-state index contributed by atoms with van der Waals surface area (Å²) in [6, 6.07) is 9.96. The molecular formula is C24H24N10. The van der Waals surface area contributed by atoms with Crippen LogP contribution >= 0.6 is 0 Å². The molecule has 5 aromatic rings. The molecule has 0 unspecified atom stereocenters. The standard InChI is InChI=1S/C24H24N10/c1-32-8-10-33(11-9-32)22-5-3-19(14-26-22)30-24-25-7-6-20(31-24)21-15-27-23-4-2-17(16-34(21)23)18-12-28-29-13-18/h2-7,12-16H,8-11H2,1H3,(H,28,29)(H,25,30,31). The first-order valence-electron chi connectivity index (χ1n) is 11.2. The van der Waals surface area contributed by atoms with Gasteiger partial charge in [-0.2, -0.15) is 5.10 Å². The summed E-state index contributed by atoms with van der Waals surface area (Å²) in [6.45, 7) is 4.08. The lowest BCUT2D eigenvalue weighted by Crippen LogP contribution is -2.44. The van der Waals surface area contributed by atoms with Gasteiger partial charge in [0.1, 0.15) is 11.5 Å². The molecule has 1 fully saturated rings. The number of H-pyrrole nitrogens is 1. The van der Waals surface area contributed by atoms with Crippen molar-refractivity contribution in [3.05, 3.63) is 67.5 Å². The Labute approximate surface area is 196 Å². The third kappa shape index (κ3) is 3.95. The van der Waals surface area contributed by atoms with E-state index >= 15 is 0 Å². The number of aromatic nitrogens is 7. The van der Waals surface area contributed by atoms with Gasteiger partial charge in [-0.1, -0.05) is 0 Å². The number of imidazole rings is 1. The van der Waals surface area contributed by atoms with Gasteiger partial charge in [0.2, 0.25) is 5.95 Å². The number of pyridine rings is 2. The number of aromatic amines is 1. The van der Waals surface area contributed by atoms with Crippen molar-refractivity contribution in [2.45, 2.75) is 0 Å². The number of rotatable bonds is 5. The van der Waals surface area contributed by atoms with Crippen LogP contribution in [0.1, 0.15) is 0 Å². The van der Waals surface area contributed by atoms with E-state index in [1.165, 1.54) is 0 Å². The lowest BCUT2D eigenvalue weighted by Gasteiger charge is -2.33. The summed E-state index contributed by atoms with van der Waals surface area (Å²) >= 11 is 0. The summed E-state index contributed by atoms with van der Waals surface area (Å²) in [5.41, 5.74) is 5.40. The second kappa shape index (κ2) is 8.56. The van der Waals surface area contributed by atoms with Crippen LogP contribution < -0.4 is 10.2 Å². The van der Waals surface area contributed by atoms with Crippen LogP contribution in [0.2, 0.25) is 0 Å². The molecule has 1 aliphatic rings. The van der Waals surface area contributed by atoms with Gasteiger partial charge in [-0.25, -0.2) is 19.9 Å². The second-order valence-corrected chi connectivity index (χ2v) is 8.36. The minimum atomic E-state index is 0.507. The van der Waals surface area contributed by atoms with Crippen molar-refractivity contribution < 1.29 is 0 Å². The topological polar surface area (TPSA) is 103 Å². The van der Waals surface area contributed by atoms with Gasteiger partial charge in [-0.05, 0) is 37.4 Å². The monoisotopic (exact) mass is 452 g/mol. The summed E-state index contributed by atoms with van der Waals surface area (Å²) in [6.07, 6.45) is 11.1. The van der Waals surface area contributed by atoms with Crippen LogP contribution in [-0.2, 0) is 0 Å². The van der Waals surface area contributed by atoms with Crippen molar-refractivity contribution in [1.29, 1.82) is 0 Å². The molecule has 0 spiro atoms. The van der Waals surface area contributed by atoms with Crippen LogP contribution in [-0.4, -0.2) is 72.7 Å². The van der Waals surface area contributed by atoms with Gasteiger partial charge >= 0.3 is 0 Å². The molecule has 0 atom stereocenters. The van der Waals surface area contributed by atoms with E-state index in [1.807, 2.05) is 59.5 Å². The molecule has 0 saturated carbocycles. The molecule has 170 valence electrons. The van der Waals surface area contributed by atoms with E-state index in [4.69, 9.17) is 4.98 Å². The minimum absolute atomic E-state index is 0.507. The molecule has 10 heteroatoms. The van der Waals surface area contributed by atoms with Crippen LogP contribution in [0.5, 0.6) is 0 Å². The average Bonchev–Trinajstić information content (AvgIpc) is 3.55. The molecular weight excluding hydrogens is 428 g/mol. The molecule has 0 bridgehead atoms. The first-order valence-corrected chi connectivity index (χ1v) is 11.2. The number of hydrogen-bond acceptors (Lipinski definition) is 8. The van der Waals surface area contributed by atoms with E-state index < -0.39 is 0 Å². The molecule has 1 aliphatic heterocycles. The molecule has 1 saturated heterocycles. The van der Waals surface area contributed by atoms with Gasteiger partial charge in [-0.3, -0.25) is 9.50 Å². The third-order valence-electron chi connectivity index (χ3n) is 6.09. The van der Waals surface area contributed by atoms with Crippen molar-refractivity contribution in [1.82, 2.24) is 39.4 Å². The zero-order valence-corrected chi connectivity index (χ0v) is 18.8. The van der Waals surface area contributed by atoms with E-state index in [0.29, 0.717) is 5.95 Å². The maximum atomic E-state index is 4.73.